The van der Waals surface area contributed by atoms with E-state index < -0.39 is 46.6 Å². The summed E-state index contributed by atoms with van der Waals surface area (Å²) in [5.41, 5.74) is -2.36. The molecule has 0 spiro atoms. The van der Waals surface area contributed by atoms with Gasteiger partial charge in [0, 0.05) is 17.0 Å². The van der Waals surface area contributed by atoms with Gasteiger partial charge in [-0.2, -0.15) is 13.2 Å². The molecule has 1 aliphatic heterocycles. The summed E-state index contributed by atoms with van der Waals surface area (Å²) in [6, 6.07) is 2.63. The van der Waals surface area contributed by atoms with Crippen molar-refractivity contribution in [3.05, 3.63) is 57.7 Å². The fourth-order valence-electron chi connectivity index (χ4n) is 4.07. The Balaban J connectivity index is 2.15. The average Bonchev–Trinajstić information content (AvgIpc) is 3.12. The third-order valence-corrected chi connectivity index (χ3v) is 5.43. The molecule has 1 heterocycles. The first kappa shape index (κ1) is 21.9. The monoisotopic (exact) mass is 427 g/mol. The highest BCUT2D eigenvalue weighted by Crippen LogP contribution is 2.43. The topological polar surface area (TPSA) is 75.6 Å². The van der Waals surface area contributed by atoms with Gasteiger partial charge in [-0.3, -0.25) is 0 Å². The predicted octanol–water partition coefficient (Wildman–Crippen LogP) is 4.65. The fourth-order valence-corrected chi connectivity index (χ4v) is 4.07. The molecule has 1 aromatic rings. The first-order valence-electron chi connectivity index (χ1n) is 9.50. The largest absolute Gasteiger partial charge is 0.478 e. The minimum absolute atomic E-state index is 0.110. The lowest BCUT2D eigenvalue weighted by Crippen LogP contribution is -2.33. The Morgan fingerprint density at radius 2 is 1.70 bits per heavy atom. The second-order valence-corrected chi connectivity index (χ2v) is 7.46. The van der Waals surface area contributed by atoms with Crippen LogP contribution in [0.3, 0.4) is 0 Å². The van der Waals surface area contributed by atoms with Crippen LogP contribution in [0.2, 0.25) is 0 Å². The number of carboxylic acids is 1. The number of hydrogen-bond donors (Lipinski definition) is 2. The number of esters is 1. The number of dihydropyridines is 1. The second-order valence-electron chi connectivity index (χ2n) is 7.46. The number of alkyl halides is 3. The highest BCUT2D eigenvalue weighted by molar-refractivity contribution is 5.99. The SMILES string of the molecule is CC1=C(C(=O)O)C(c2cccc(C(F)(F)F)c2F)C(C(=O)OC2CCCC2)=C(C)N1. The lowest BCUT2D eigenvalue weighted by atomic mass is 9.79. The van der Waals surface area contributed by atoms with Gasteiger partial charge in [-0.05, 0) is 45.6 Å². The van der Waals surface area contributed by atoms with E-state index >= 15 is 0 Å². The summed E-state index contributed by atoms with van der Waals surface area (Å²) in [6.07, 6.45) is -2.29. The predicted molar refractivity (Wildman–Crippen MR) is 98.7 cm³/mol. The van der Waals surface area contributed by atoms with Gasteiger partial charge < -0.3 is 15.2 Å². The number of aliphatic carboxylic acids is 1. The van der Waals surface area contributed by atoms with Crippen molar-refractivity contribution in [3.63, 3.8) is 0 Å². The summed E-state index contributed by atoms with van der Waals surface area (Å²) in [5, 5.41) is 12.5. The van der Waals surface area contributed by atoms with Crippen LogP contribution in [0.25, 0.3) is 0 Å². The van der Waals surface area contributed by atoms with Crippen molar-refractivity contribution in [1.82, 2.24) is 5.32 Å². The molecule has 0 radical (unpaired) electrons. The molecule has 0 bridgehead atoms. The fraction of sp³-hybridized carbons (Fsp3) is 0.429. The maximum absolute atomic E-state index is 15.0. The first-order chi connectivity index (χ1) is 14.0. The van der Waals surface area contributed by atoms with Gasteiger partial charge in [-0.15, -0.1) is 0 Å². The van der Waals surface area contributed by atoms with E-state index in [1.54, 1.807) is 0 Å². The van der Waals surface area contributed by atoms with Gasteiger partial charge >= 0.3 is 18.1 Å². The smallest absolute Gasteiger partial charge is 0.419 e. The van der Waals surface area contributed by atoms with E-state index in [0.717, 1.165) is 25.0 Å². The van der Waals surface area contributed by atoms with Crippen LogP contribution < -0.4 is 5.32 Å². The number of halogens is 4. The Hall–Kier alpha value is -2.84. The molecule has 1 aliphatic carbocycles. The highest BCUT2D eigenvalue weighted by Gasteiger charge is 2.42. The molecule has 5 nitrogen and oxygen atoms in total. The van der Waals surface area contributed by atoms with Crippen LogP contribution in [-0.4, -0.2) is 23.1 Å². The first-order valence-corrected chi connectivity index (χ1v) is 9.50. The number of rotatable bonds is 4. The number of nitrogens with one attached hydrogen (secondary N) is 1. The molecule has 1 saturated carbocycles. The van der Waals surface area contributed by atoms with Crippen molar-refractivity contribution in [1.29, 1.82) is 0 Å². The van der Waals surface area contributed by atoms with E-state index in [2.05, 4.69) is 5.32 Å². The maximum Gasteiger partial charge on any atom is 0.419 e. The number of ether oxygens (including phenoxy) is 1. The summed E-state index contributed by atoms with van der Waals surface area (Å²) in [6.45, 7) is 2.89. The zero-order valence-electron chi connectivity index (χ0n) is 16.4. The van der Waals surface area contributed by atoms with E-state index in [4.69, 9.17) is 4.74 Å². The van der Waals surface area contributed by atoms with Crippen LogP contribution in [0.4, 0.5) is 17.6 Å². The molecule has 162 valence electrons. The van der Waals surface area contributed by atoms with Gasteiger partial charge in [0.05, 0.1) is 22.6 Å². The molecular weight excluding hydrogens is 406 g/mol. The van der Waals surface area contributed by atoms with Crippen LogP contribution in [-0.2, 0) is 20.5 Å². The molecular formula is C21H21F4NO4. The molecule has 0 amide bonds. The standard InChI is InChI=1S/C21H21F4NO4/c1-10-15(19(27)28)17(13-8-5-9-14(18(13)22)21(23,24)25)16(11(2)26-10)20(29)30-12-6-3-4-7-12/h5,8-9,12,17,26H,3-4,6-7H2,1-2H3,(H,27,28). The summed E-state index contributed by atoms with van der Waals surface area (Å²) in [5.74, 6) is -5.48. The Kier molecular flexibility index (Phi) is 5.92. The van der Waals surface area contributed by atoms with Crippen molar-refractivity contribution in [2.24, 2.45) is 0 Å². The van der Waals surface area contributed by atoms with Gasteiger partial charge in [0.2, 0.25) is 0 Å². The molecule has 3 rings (SSSR count). The van der Waals surface area contributed by atoms with E-state index in [-0.39, 0.29) is 23.1 Å². The molecule has 9 heteroatoms. The van der Waals surface area contributed by atoms with Crippen molar-refractivity contribution < 1.29 is 37.0 Å². The molecule has 1 aromatic carbocycles. The van der Waals surface area contributed by atoms with Crippen LogP contribution in [0.5, 0.6) is 0 Å². The highest BCUT2D eigenvalue weighted by atomic mass is 19.4. The molecule has 30 heavy (non-hydrogen) atoms. The van der Waals surface area contributed by atoms with Crippen LogP contribution >= 0.6 is 0 Å². The Labute approximate surface area is 170 Å². The number of carbonyl (C=O) groups is 2. The maximum atomic E-state index is 15.0. The zero-order valence-corrected chi connectivity index (χ0v) is 16.4. The van der Waals surface area contributed by atoms with Crippen molar-refractivity contribution in [2.75, 3.05) is 0 Å². The molecule has 0 aromatic heterocycles. The van der Waals surface area contributed by atoms with Gasteiger partial charge in [0.25, 0.3) is 0 Å². The number of allylic oxidation sites excluding steroid dienone is 2. The van der Waals surface area contributed by atoms with Gasteiger partial charge in [-0.25, -0.2) is 14.0 Å². The van der Waals surface area contributed by atoms with E-state index in [1.807, 2.05) is 0 Å². The summed E-state index contributed by atoms with van der Waals surface area (Å²) in [7, 11) is 0. The second kappa shape index (κ2) is 8.12. The molecule has 1 unspecified atom stereocenters. The molecule has 2 N–H and O–H groups in total. The summed E-state index contributed by atoms with van der Waals surface area (Å²) < 4.78 is 60.2. The third-order valence-electron chi connectivity index (χ3n) is 5.43. The third kappa shape index (κ3) is 4.06. The normalized spacial score (nSPS) is 20.4. The number of carboxylic acid groups (broad SMARTS) is 1. The summed E-state index contributed by atoms with van der Waals surface area (Å²) >= 11 is 0. The van der Waals surface area contributed by atoms with Crippen LogP contribution in [0.1, 0.15) is 56.6 Å². The Morgan fingerprint density at radius 3 is 2.27 bits per heavy atom. The summed E-state index contributed by atoms with van der Waals surface area (Å²) in [4.78, 5) is 24.9. The lowest BCUT2D eigenvalue weighted by molar-refractivity contribution is -0.144. The molecule has 0 saturated heterocycles. The van der Waals surface area contributed by atoms with Gasteiger partial charge in [0.1, 0.15) is 11.9 Å². The van der Waals surface area contributed by atoms with Crippen molar-refractivity contribution >= 4 is 11.9 Å². The number of carbonyl (C=O) groups excluding carboxylic acids is 1. The zero-order chi connectivity index (χ0) is 22.2. The minimum Gasteiger partial charge on any atom is -0.478 e. The van der Waals surface area contributed by atoms with E-state index in [1.165, 1.54) is 13.8 Å². The van der Waals surface area contributed by atoms with Crippen LogP contribution in [0, 0.1) is 5.82 Å². The van der Waals surface area contributed by atoms with Crippen LogP contribution in [0.15, 0.2) is 40.7 Å². The quantitative estimate of drug-likeness (QED) is 0.541. The molecule has 2 aliphatic rings. The molecule has 1 fully saturated rings. The molecule has 1 atom stereocenters. The van der Waals surface area contributed by atoms with Gasteiger partial charge in [0.15, 0.2) is 0 Å². The van der Waals surface area contributed by atoms with Crippen molar-refractivity contribution in [3.8, 4) is 0 Å². The van der Waals surface area contributed by atoms with E-state index in [9.17, 15) is 32.3 Å². The Morgan fingerprint density at radius 1 is 1.10 bits per heavy atom. The van der Waals surface area contributed by atoms with Crippen molar-refractivity contribution in [2.45, 2.75) is 57.7 Å². The van der Waals surface area contributed by atoms with Gasteiger partial charge in [-0.1, -0.05) is 12.1 Å². The van der Waals surface area contributed by atoms with E-state index in [0.29, 0.717) is 18.9 Å². The number of benzene rings is 1. The Bertz CT molecular complexity index is 943. The minimum atomic E-state index is -4.97. The number of hydrogen-bond acceptors (Lipinski definition) is 4. The average molecular weight is 427 g/mol. The lowest BCUT2D eigenvalue weighted by Gasteiger charge is -2.30.